The highest BCUT2D eigenvalue weighted by atomic mass is 16.4. The average Bonchev–Trinajstić information content (AvgIpc) is 3.13. The molecule has 4 rings (SSSR count). The quantitative estimate of drug-likeness (QED) is 0.871. The molecule has 1 amide bonds. The summed E-state index contributed by atoms with van der Waals surface area (Å²) in [7, 11) is 0. The van der Waals surface area contributed by atoms with Crippen LogP contribution in [0, 0.1) is 24.7 Å². The zero-order valence-corrected chi connectivity index (χ0v) is 14.4. The number of para-hydroxylation sites is 1. The number of carboxylic acid groups (broad SMARTS) is 2. The van der Waals surface area contributed by atoms with Crippen LogP contribution in [-0.2, 0) is 9.59 Å². The number of aliphatic carboxylic acids is 2. The minimum Gasteiger partial charge on any atom is -0.481 e. The molecule has 1 aliphatic heterocycles. The molecule has 2 heterocycles. The van der Waals surface area contributed by atoms with Crippen LogP contribution in [0.5, 0.6) is 0 Å². The number of hydrogen-bond donors (Lipinski definition) is 2. The lowest BCUT2D eigenvalue weighted by Gasteiger charge is -2.21. The van der Waals surface area contributed by atoms with Gasteiger partial charge in [-0.2, -0.15) is 0 Å². The number of pyridine rings is 1. The van der Waals surface area contributed by atoms with Crippen molar-refractivity contribution in [1.82, 2.24) is 9.88 Å². The Labute approximate surface area is 149 Å². The maximum atomic E-state index is 13.0. The van der Waals surface area contributed by atoms with Crippen LogP contribution in [0.15, 0.2) is 24.3 Å². The van der Waals surface area contributed by atoms with E-state index in [0.717, 1.165) is 16.5 Å². The first-order valence-electron chi connectivity index (χ1n) is 8.35. The number of carbonyl (C=O) groups is 3. The van der Waals surface area contributed by atoms with Crippen molar-refractivity contribution < 1.29 is 24.6 Å². The summed E-state index contributed by atoms with van der Waals surface area (Å²) in [6, 6.07) is 7.44. The minimum absolute atomic E-state index is 0.0720. The highest BCUT2D eigenvalue weighted by molar-refractivity contribution is 6.02. The van der Waals surface area contributed by atoms with Crippen molar-refractivity contribution in [1.29, 1.82) is 0 Å². The Balaban J connectivity index is 1.72. The molecular formula is C19H18N2O5. The van der Waals surface area contributed by atoms with Gasteiger partial charge in [-0.1, -0.05) is 18.2 Å². The lowest BCUT2D eigenvalue weighted by atomic mass is 9.97. The minimum atomic E-state index is -1.37. The number of rotatable bonds is 3. The zero-order valence-electron chi connectivity index (χ0n) is 14.4. The van der Waals surface area contributed by atoms with Crippen LogP contribution in [0.3, 0.4) is 0 Å². The predicted molar refractivity (Wildman–Crippen MR) is 91.9 cm³/mol. The number of nitrogens with zero attached hydrogens (tertiary/aromatic N) is 2. The van der Waals surface area contributed by atoms with Crippen molar-refractivity contribution in [2.75, 3.05) is 13.1 Å². The average molecular weight is 354 g/mol. The molecule has 2 N–H and O–H groups in total. The summed E-state index contributed by atoms with van der Waals surface area (Å²) in [5, 5.41) is 19.8. The van der Waals surface area contributed by atoms with Crippen molar-refractivity contribution >= 4 is 28.7 Å². The molecule has 134 valence electrons. The molecule has 0 radical (unpaired) electrons. The number of piperidine rings is 1. The molecule has 2 aromatic rings. The summed E-state index contributed by atoms with van der Waals surface area (Å²) < 4.78 is 0. The van der Waals surface area contributed by atoms with E-state index in [1.807, 2.05) is 25.1 Å². The van der Waals surface area contributed by atoms with Crippen LogP contribution in [0.4, 0.5) is 0 Å². The van der Waals surface area contributed by atoms with Gasteiger partial charge in [-0.05, 0) is 31.9 Å². The third-order valence-corrected chi connectivity index (χ3v) is 5.89. The number of amides is 1. The second kappa shape index (κ2) is 5.03. The molecule has 7 heteroatoms. The normalized spacial score (nSPS) is 26.6. The SMILES string of the molecule is Cc1nc2c(C)cccc2cc1C(=O)N1C[C@@]2(C(=O)O)C[C@@]2(C(=O)O)C1. The van der Waals surface area contributed by atoms with Crippen molar-refractivity contribution in [2.24, 2.45) is 10.8 Å². The van der Waals surface area contributed by atoms with Gasteiger partial charge in [0.25, 0.3) is 5.91 Å². The van der Waals surface area contributed by atoms with E-state index in [1.165, 1.54) is 4.90 Å². The van der Waals surface area contributed by atoms with Crippen LogP contribution in [-0.4, -0.2) is 51.0 Å². The molecule has 1 saturated heterocycles. The monoisotopic (exact) mass is 354 g/mol. The lowest BCUT2D eigenvalue weighted by molar-refractivity contribution is -0.151. The van der Waals surface area contributed by atoms with Crippen molar-refractivity contribution in [3.05, 3.63) is 41.1 Å². The molecule has 1 saturated carbocycles. The molecular weight excluding hydrogens is 336 g/mol. The second-order valence-electron chi connectivity index (χ2n) is 7.38. The number of carbonyl (C=O) groups excluding carboxylic acids is 1. The summed E-state index contributed by atoms with van der Waals surface area (Å²) in [6.07, 6.45) is 0.0720. The van der Waals surface area contributed by atoms with Gasteiger partial charge >= 0.3 is 11.9 Å². The Morgan fingerprint density at radius 3 is 2.27 bits per heavy atom. The van der Waals surface area contributed by atoms with Crippen LogP contribution in [0.25, 0.3) is 10.9 Å². The lowest BCUT2D eigenvalue weighted by Crippen LogP contribution is -2.35. The number of fused-ring (bicyclic) bond motifs is 2. The molecule has 2 atom stereocenters. The van der Waals surface area contributed by atoms with Gasteiger partial charge in [-0.15, -0.1) is 0 Å². The van der Waals surface area contributed by atoms with Gasteiger partial charge in [-0.3, -0.25) is 19.4 Å². The second-order valence-corrected chi connectivity index (χ2v) is 7.38. The fourth-order valence-corrected chi connectivity index (χ4v) is 4.26. The van der Waals surface area contributed by atoms with Crippen LogP contribution in [0.2, 0.25) is 0 Å². The fourth-order valence-electron chi connectivity index (χ4n) is 4.26. The Morgan fingerprint density at radius 2 is 1.69 bits per heavy atom. The van der Waals surface area contributed by atoms with E-state index in [4.69, 9.17) is 0 Å². The summed E-state index contributed by atoms with van der Waals surface area (Å²) in [5.41, 5.74) is 0.0000938. The number of likely N-dealkylation sites (tertiary alicyclic amines) is 1. The van der Waals surface area contributed by atoms with E-state index in [1.54, 1.807) is 13.0 Å². The Kier molecular flexibility index (Phi) is 3.19. The Hall–Kier alpha value is -2.96. The van der Waals surface area contributed by atoms with Gasteiger partial charge in [0.1, 0.15) is 10.8 Å². The molecule has 0 unspecified atom stereocenters. The molecule has 0 bridgehead atoms. The van der Waals surface area contributed by atoms with E-state index >= 15 is 0 Å². The van der Waals surface area contributed by atoms with Crippen LogP contribution < -0.4 is 0 Å². The van der Waals surface area contributed by atoms with E-state index in [-0.39, 0.29) is 25.4 Å². The third kappa shape index (κ3) is 1.94. The molecule has 0 spiro atoms. The molecule has 1 aromatic carbocycles. The van der Waals surface area contributed by atoms with Gasteiger partial charge in [0.15, 0.2) is 0 Å². The van der Waals surface area contributed by atoms with Crippen molar-refractivity contribution in [3.8, 4) is 0 Å². The molecule has 1 aliphatic carbocycles. The van der Waals surface area contributed by atoms with Crippen LogP contribution in [0.1, 0.15) is 28.0 Å². The first-order valence-corrected chi connectivity index (χ1v) is 8.35. The summed E-state index contributed by atoms with van der Waals surface area (Å²) in [6.45, 7) is 3.50. The molecule has 1 aromatic heterocycles. The first kappa shape index (κ1) is 16.5. The highest BCUT2D eigenvalue weighted by Gasteiger charge is 2.81. The summed E-state index contributed by atoms with van der Waals surface area (Å²) in [5.74, 6) is -2.68. The van der Waals surface area contributed by atoms with Gasteiger partial charge in [0.05, 0.1) is 16.8 Å². The summed E-state index contributed by atoms with van der Waals surface area (Å²) in [4.78, 5) is 42.1. The van der Waals surface area contributed by atoms with E-state index in [2.05, 4.69) is 4.98 Å². The first-order chi connectivity index (χ1) is 12.2. The molecule has 26 heavy (non-hydrogen) atoms. The van der Waals surface area contributed by atoms with Crippen molar-refractivity contribution in [2.45, 2.75) is 20.3 Å². The van der Waals surface area contributed by atoms with Crippen LogP contribution >= 0.6 is 0 Å². The maximum Gasteiger partial charge on any atom is 0.312 e. The molecule has 2 aliphatic rings. The number of benzene rings is 1. The number of carboxylic acids is 2. The zero-order chi connectivity index (χ0) is 18.9. The standard InChI is InChI=1S/C19H18N2O5/c1-10-4-3-5-12-6-13(11(2)20-14(10)12)15(22)21-8-18(16(23)24)7-19(18,9-21)17(25)26/h3-6H,7-9H2,1-2H3,(H,23,24)(H,25,26)/t18-,19+. The van der Waals surface area contributed by atoms with Gasteiger partial charge in [0.2, 0.25) is 0 Å². The predicted octanol–water partition coefficient (Wildman–Crippen LogP) is 1.85. The van der Waals surface area contributed by atoms with E-state index < -0.39 is 22.8 Å². The van der Waals surface area contributed by atoms with Gasteiger partial charge in [-0.25, -0.2) is 0 Å². The summed E-state index contributed by atoms with van der Waals surface area (Å²) >= 11 is 0. The fraction of sp³-hybridized carbons (Fsp3) is 0.368. The van der Waals surface area contributed by atoms with Gasteiger partial charge in [0, 0.05) is 18.5 Å². The van der Waals surface area contributed by atoms with Gasteiger partial charge < -0.3 is 15.1 Å². The Bertz CT molecular complexity index is 973. The topological polar surface area (TPSA) is 108 Å². The molecule has 7 nitrogen and oxygen atoms in total. The third-order valence-electron chi connectivity index (χ3n) is 5.89. The van der Waals surface area contributed by atoms with E-state index in [9.17, 15) is 24.6 Å². The highest BCUT2D eigenvalue weighted by Crippen LogP contribution is 2.68. The smallest absolute Gasteiger partial charge is 0.312 e. The Morgan fingerprint density at radius 1 is 1.08 bits per heavy atom. The molecule has 2 fully saturated rings. The number of aromatic nitrogens is 1. The van der Waals surface area contributed by atoms with Crippen molar-refractivity contribution in [3.63, 3.8) is 0 Å². The van der Waals surface area contributed by atoms with E-state index in [0.29, 0.717) is 11.3 Å². The number of aryl methyl sites for hydroxylation is 2. The number of hydrogen-bond acceptors (Lipinski definition) is 4. The maximum absolute atomic E-state index is 13.0. The largest absolute Gasteiger partial charge is 0.481 e.